The van der Waals surface area contributed by atoms with E-state index in [9.17, 15) is 8.42 Å². The van der Waals surface area contributed by atoms with Crippen molar-refractivity contribution in [3.05, 3.63) is 0 Å². The molecule has 1 unspecified atom stereocenters. The van der Waals surface area contributed by atoms with Gasteiger partial charge < -0.3 is 5.32 Å². The van der Waals surface area contributed by atoms with Crippen LogP contribution in [0, 0.1) is 0 Å². The van der Waals surface area contributed by atoms with Gasteiger partial charge in [-0.15, -0.1) is 12.4 Å². The van der Waals surface area contributed by atoms with Gasteiger partial charge in [0.2, 0.25) is 0 Å². The van der Waals surface area contributed by atoms with Crippen LogP contribution in [0.1, 0.15) is 32.6 Å². The van der Waals surface area contributed by atoms with E-state index in [2.05, 4.69) is 17.0 Å². The second-order valence-corrected chi connectivity index (χ2v) is 6.15. The third-order valence-corrected chi connectivity index (χ3v) is 4.48. The lowest BCUT2D eigenvalue weighted by atomic mass is 10.1. The predicted octanol–water partition coefficient (Wildman–Crippen LogP) is 0.726. The maximum Gasteiger partial charge on any atom is 0.279 e. The summed E-state index contributed by atoms with van der Waals surface area (Å²) in [7, 11) is -1.66. The molecule has 2 N–H and O–H groups in total. The molecule has 1 aliphatic rings. The van der Waals surface area contributed by atoms with E-state index in [4.69, 9.17) is 0 Å². The molecule has 7 heteroatoms. The van der Waals surface area contributed by atoms with E-state index in [1.807, 2.05) is 0 Å². The highest BCUT2D eigenvalue weighted by atomic mass is 35.5. The van der Waals surface area contributed by atoms with Crippen LogP contribution < -0.4 is 10.0 Å². The maximum absolute atomic E-state index is 11.9. The lowest BCUT2D eigenvalue weighted by molar-refractivity contribution is 0.400. The summed E-state index contributed by atoms with van der Waals surface area (Å²) in [4.78, 5) is 0. The molecule has 1 rings (SSSR count). The van der Waals surface area contributed by atoms with Gasteiger partial charge in [-0.1, -0.05) is 13.3 Å². The van der Waals surface area contributed by atoms with Gasteiger partial charge in [0.15, 0.2) is 0 Å². The van der Waals surface area contributed by atoms with Crippen LogP contribution in [-0.4, -0.2) is 45.4 Å². The zero-order valence-corrected chi connectivity index (χ0v) is 12.2. The van der Waals surface area contributed by atoms with Crippen molar-refractivity contribution in [3.8, 4) is 0 Å². The Hall–Kier alpha value is 0.120. The third kappa shape index (κ3) is 6.01. The third-order valence-electron chi connectivity index (χ3n) is 2.85. The zero-order chi connectivity index (χ0) is 12.0. The minimum Gasteiger partial charge on any atom is -0.315 e. The van der Waals surface area contributed by atoms with Crippen molar-refractivity contribution in [2.45, 2.75) is 38.6 Å². The van der Waals surface area contributed by atoms with Gasteiger partial charge in [0.25, 0.3) is 10.2 Å². The molecule has 0 aliphatic carbocycles. The van der Waals surface area contributed by atoms with E-state index in [0.717, 1.165) is 38.8 Å². The van der Waals surface area contributed by atoms with E-state index >= 15 is 0 Å². The molecule has 1 heterocycles. The van der Waals surface area contributed by atoms with Gasteiger partial charge in [-0.05, 0) is 25.8 Å². The van der Waals surface area contributed by atoms with Crippen molar-refractivity contribution in [3.63, 3.8) is 0 Å². The summed E-state index contributed by atoms with van der Waals surface area (Å²) in [6.07, 6.45) is 3.87. The molecule has 5 nitrogen and oxygen atoms in total. The topological polar surface area (TPSA) is 61.4 Å². The molecule has 0 bridgehead atoms. The summed E-state index contributed by atoms with van der Waals surface area (Å²) >= 11 is 0. The molecular formula is C10H24ClN3O2S. The van der Waals surface area contributed by atoms with Gasteiger partial charge >= 0.3 is 0 Å². The molecule has 0 aromatic rings. The lowest BCUT2D eigenvalue weighted by Crippen LogP contribution is -2.49. The SMILES string of the molecule is CCCCN(C)S(=O)(=O)NC1CCCNC1.Cl. The van der Waals surface area contributed by atoms with Crippen molar-refractivity contribution in [2.24, 2.45) is 0 Å². The van der Waals surface area contributed by atoms with E-state index in [1.165, 1.54) is 4.31 Å². The molecule has 1 fully saturated rings. The average molecular weight is 286 g/mol. The van der Waals surface area contributed by atoms with Crippen molar-refractivity contribution < 1.29 is 8.42 Å². The highest BCUT2D eigenvalue weighted by molar-refractivity contribution is 7.87. The Bertz CT molecular complexity index is 292. The number of piperidine rings is 1. The van der Waals surface area contributed by atoms with Gasteiger partial charge in [0, 0.05) is 26.2 Å². The minimum absolute atomic E-state index is 0. The Kier molecular flexibility index (Phi) is 8.32. The maximum atomic E-state index is 11.9. The monoisotopic (exact) mass is 285 g/mol. The van der Waals surface area contributed by atoms with Crippen LogP contribution in [0.5, 0.6) is 0 Å². The van der Waals surface area contributed by atoms with Crippen LogP contribution in [0.25, 0.3) is 0 Å². The smallest absolute Gasteiger partial charge is 0.279 e. The second kappa shape index (κ2) is 8.26. The normalized spacial score (nSPS) is 21.2. The van der Waals surface area contributed by atoms with Crippen molar-refractivity contribution in [1.82, 2.24) is 14.3 Å². The molecule has 0 spiro atoms. The summed E-state index contributed by atoms with van der Waals surface area (Å²) in [6, 6.07) is 0.0443. The van der Waals surface area contributed by atoms with Gasteiger partial charge in [0.1, 0.15) is 0 Å². The van der Waals surface area contributed by atoms with Crippen LogP contribution in [0.4, 0.5) is 0 Å². The molecule has 0 aromatic heterocycles. The van der Waals surface area contributed by atoms with Crippen LogP contribution in [-0.2, 0) is 10.2 Å². The first kappa shape index (κ1) is 17.1. The average Bonchev–Trinajstić information content (AvgIpc) is 2.26. The highest BCUT2D eigenvalue weighted by Gasteiger charge is 2.22. The Morgan fingerprint density at radius 3 is 2.71 bits per heavy atom. The summed E-state index contributed by atoms with van der Waals surface area (Å²) < 4.78 is 27.9. The van der Waals surface area contributed by atoms with E-state index in [-0.39, 0.29) is 18.4 Å². The quantitative estimate of drug-likeness (QED) is 0.756. The molecule has 0 radical (unpaired) electrons. The minimum atomic E-state index is -3.29. The van der Waals surface area contributed by atoms with Gasteiger partial charge in [-0.3, -0.25) is 0 Å². The largest absolute Gasteiger partial charge is 0.315 e. The fourth-order valence-electron chi connectivity index (χ4n) is 1.75. The molecule has 0 saturated carbocycles. The number of hydrogen-bond acceptors (Lipinski definition) is 3. The first-order valence-electron chi connectivity index (χ1n) is 6.00. The number of nitrogens with zero attached hydrogens (tertiary/aromatic N) is 1. The summed E-state index contributed by atoms with van der Waals surface area (Å²) in [5.41, 5.74) is 0. The number of rotatable bonds is 6. The van der Waals surface area contributed by atoms with E-state index < -0.39 is 10.2 Å². The van der Waals surface area contributed by atoms with Crippen LogP contribution in [0.15, 0.2) is 0 Å². The molecule has 104 valence electrons. The van der Waals surface area contributed by atoms with Gasteiger partial charge in [-0.25, -0.2) is 0 Å². The lowest BCUT2D eigenvalue weighted by Gasteiger charge is -2.26. The predicted molar refractivity (Wildman–Crippen MR) is 72.7 cm³/mol. The molecule has 0 amide bonds. The Morgan fingerprint density at radius 1 is 1.47 bits per heavy atom. The molecule has 17 heavy (non-hydrogen) atoms. The van der Waals surface area contributed by atoms with Crippen LogP contribution >= 0.6 is 12.4 Å². The first-order chi connectivity index (χ1) is 7.56. The molecule has 1 aliphatic heterocycles. The number of unbranched alkanes of at least 4 members (excludes halogenated alkanes) is 1. The van der Waals surface area contributed by atoms with Crippen LogP contribution in [0.3, 0.4) is 0 Å². The molecule has 1 atom stereocenters. The fraction of sp³-hybridized carbons (Fsp3) is 1.00. The number of nitrogens with one attached hydrogen (secondary N) is 2. The first-order valence-corrected chi connectivity index (χ1v) is 7.44. The fourth-order valence-corrected chi connectivity index (χ4v) is 2.93. The van der Waals surface area contributed by atoms with Gasteiger partial charge in [0.05, 0.1) is 0 Å². The Labute approximate surface area is 111 Å². The van der Waals surface area contributed by atoms with Crippen LogP contribution in [0.2, 0.25) is 0 Å². The Balaban J connectivity index is 0.00000256. The summed E-state index contributed by atoms with van der Waals surface area (Å²) in [5, 5.41) is 3.19. The number of hydrogen-bond donors (Lipinski definition) is 2. The summed E-state index contributed by atoms with van der Waals surface area (Å²) in [6.45, 7) is 4.37. The zero-order valence-electron chi connectivity index (χ0n) is 10.6. The van der Waals surface area contributed by atoms with Gasteiger partial charge in [-0.2, -0.15) is 17.4 Å². The molecular weight excluding hydrogens is 262 g/mol. The van der Waals surface area contributed by atoms with E-state index in [1.54, 1.807) is 7.05 Å². The molecule has 1 saturated heterocycles. The van der Waals surface area contributed by atoms with E-state index in [0.29, 0.717) is 6.54 Å². The highest BCUT2D eigenvalue weighted by Crippen LogP contribution is 2.05. The summed E-state index contributed by atoms with van der Waals surface area (Å²) in [5.74, 6) is 0. The number of halogens is 1. The van der Waals surface area contributed by atoms with Crippen molar-refractivity contribution in [2.75, 3.05) is 26.7 Å². The van der Waals surface area contributed by atoms with Crippen molar-refractivity contribution in [1.29, 1.82) is 0 Å². The Morgan fingerprint density at radius 2 is 2.18 bits per heavy atom. The second-order valence-electron chi connectivity index (χ2n) is 4.34. The standard InChI is InChI=1S/C10H23N3O2S.ClH/c1-3-4-8-13(2)16(14,15)12-10-6-5-7-11-9-10;/h10-12H,3-9H2,1-2H3;1H. The van der Waals surface area contributed by atoms with Crippen molar-refractivity contribution >= 4 is 22.6 Å². The molecule has 0 aromatic carbocycles.